The van der Waals surface area contributed by atoms with Gasteiger partial charge in [-0.2, -0.15) is 4.72 Å². The van der Waals surface area contributed by atoms with Gasteiger partial charge in [-0.3, -0.25) is 4.79 Å². The monoisotopic (exact) mass is 451 g/mol. The van der Waals surface area contributed by atoms with Crippen molar-refractivity contribution in [2.75, 3.05) is 20.5 Å². The molecule has 168 valence electrons. The van der Waals surface area contributed by atoms with Crippen LogP contribution in [-0.4, -0.2) is 46.0 Å². The molecule has 1 unspecified atom stereocenters. The number of hydrogen-bond donors (Lipinski definition) is 2. The van der Waals surface area contributed by atoms with Gasteiger partial charge in [-0.1, -0.05) is 6.07 Å². The predicted octanol–water partition coefficient (Wildman–Crippen LogP) is 1.73. The van der Waals surface area contributed by atoms with E-state index in [4.69, 9.17) is 18.9 Å². The van der Waals surface area contributed by atoms with E-state index in [1.54, 1.807) is 45.0 Å². The molecule has 0 fully saturated rings. The van der Waals surface area contributed by atoms with E-state index in [2.05, 4.69) is 4.72 Å². The number of benzene rings is 2. The second-order valence-corrected chi connectivity index (χ2v) is 8.78. The van der Waals surface area contributed by atoms with Crippen molar-refractivity contribution in [1.29, 1.82) is 0 Å². The lowest BCUT2D eigenvalue weighted by molar-refractivity contribution is -0.148. The van der Waals surface area contributed by atoms with Crippen molar-refractivity contribution in [3.63, 3.8) is 0 Å². The molecule has 0 amide bonds. The lowest BCUT2D eigenvalue weighted by Crippen LogP contribution is -2.44. The number of carbonyl (C=O) groups excluding carboxylic acids is 1. The summed E-state index contributed by atoms with van der Waals surface area (Å²) in [5.41, 5.74) is 2.25. The zero-order valence-corrected chi connectivity index (χ0v) is 18.5. The number of aliphatic hydroxyl groups is 1. The Balaban J connectivity index is 1.74. The van der Waals surface area contributed by atoms with Crippen molar-refractivity contribution in [3.05, 3.63) is 46.5 Å². The summed E-state index contributed by atoms with van der Waals surface area (Å²) in [4.78, 5) is 12.5. The summed E-state index contributed by atoms with van der Waals surface area (Å²) in [6, 6.07) is 5.21. The van der Waals surface area contributed by atoms with Crippen LogP contribution in [0.1, 0.15) is 22.3 Å². The van der Waals surface area contributed by atoms with E-state index in [0.717, 1.165) is 0 Å². The van der Waals surface area contributed by atoms with Crippen molar-refractivity contribution < 1.29 is 37.3 Å². The summed E-state index contributed by atoms with van der Waals surface area (Å²) in [5.74, 6) is 0.797. The fourth-order valence-electron chi connectivity index (χ4n) is 3.34. The number of nitrogens with one attached hydrogen (secondary N) is 1. The first kappa shape index (κ1) is 22.9. The minimum Gasteiger partial charge on any atom is -0.496 e. The number of methoxy groups -OCH3 is 1. The fourth-order valence-corrected chi connectivity index (χ4v) is 5.04. The maximum atomic E-state index is 13.0. The normalized spacial score (nSPS) is 13.7. The molecule has 1 heterocycles. The number of carbonyl (C=O) groups is 1. The molecule has 1 aliphatic rings. The summed E-state index contributed by atoms with van der Waals surface area (Å²) >= 11 is 0. The van der Waals surface area contributed by atoms with Crippen molar-refractivity contribution in [1.82, 2.24) is 4.72 Å². The highest BCUT2D eigenvalue weighted by Gasteiger charge is 2.30. The van der Waals surface area contributed by atoms with Gasteiger partial charge in [-0.15, -0.1) is 0 Å². The second kappa shape index (κ2) is 9.13. The van der Waals surface area contributed by atoms with Crippen molar-refractivity contribution in [3.8, 4) is 17.2 Å². The Kier molecular flexibility index (Phi) is 6.73. The molecule has 0 aromatic heterocycles. The molecule has 3 rings (SSSR count). The highest BCUT2D eigenvalue weighted by Crippen LogP contribution is 2.33. The second-order valence-electron chi connectivity index (χ2n) is 7.13. The van der Waals surface area contributed by atoms with E-state index in [1.807, 2.05) is 0 Å². The molecule has 9 nitrogen and oxygen atoms in total. The SMILES string of the molecule is COc1cc(C)c(S(=O)(=O)NC(CO)C(=O)OCc2ccc3c(c2)OCO3)c(C)c1C. The summed E-state index contributed by atoms with van der Waals surface area (Å²) in [6.45, 7) is 4.28. The molecule has 0 radical (unpaired) electrons. The molecule has 0 bridgehead atoms. The molecule has 2 aromatic carbocycles. The fraction of sp³-hybridized carbons (Fsp3) is 0.381. The third-order valence-corrected chi connectivity index (χ3v) is 6.81. The quantitative estimate of drug-likeness (QED) is 0.582. The third-order valence-electron chi connectivity index (χ3n) is 5.05. The zero-order valence-electron chi connectivity index (χ0n) is 17.7. The van der Waals surface area contributed by atoms with Crippen LogP contribution in [0.5, 0.6) is 17.2 Å². The first-order chi connectivity index (χ1) is 14.7. The molecule has 2 aromatic rings. The largest absolute Gasteiger partial charge is 0.496 e. The molecule has 10 heteroatoms. The maximum Gasteiger partial charge on any atom is 0.326 e. The molecule has 0 saturated carbocycles. The number of ether oxygens (including phenoxy) is 4. The van der Waals surface area contributed by atoms with Crippen LogP contribution in [0.3, 0.4) is 0 Å². The van der Waals surface area contributed by atoms with Gasteiger partial charge in [0.25, 0.3) is 0 Å². The number of hydrogen-bond acceptors (Lipinski definition) is 8. The van der Waals surface area contributed by atoms with Crippen LogP contribution in [0.25, 0.3) is 0 Å². The Bertz CT molecular complexity index is 1100. The first-order valence-corrected chi connectivity index (χ1v) is 11.0. The van der Waals surface area contributed by atoms with E-state index < -0.39 is 28.6 Å². The Morgan fingerprint density at radius 3 is 2.55 bits per heavy atom. The van der Waals surface area contributed by atoms with Crippen LogP contribution in [-0.2, 0) is 26.2 Å². The molecular formula is C21H25NO8S. The topological polar surface area (TPSA) is 120 Å². The third kappa shape index (κ3) is 4.76. The van der Waals surface area contributed by atoms with Gasteiger partial charge in [-0.25, -0.2) is 8.42 Å². The number of fused-ring (bicyclic) bond motifs is 1. The number of aliphatic hydroxyl groups excluding tert-OH is 1. The summed E-state index contributed by atoms with van der Waals surface area (Å²) in [5, 5.41) is 9.62. The van der Waals surface area contributed by atoms with E-state index in [-0.39, 0.29) is 18.3 Å². The summed E-state index contributed by atoms with van der Waals surface area (Å²) in [7, 11) is -2.61. The first-order valence-electron chi connectivity index (χ1n) is 9.51. The Morgan fingerprint density at radius 1 is 1.16 bits per heavy atom. The summed E-state index contributed by atoms with van der Waals surface area (Å²) in [6.07, 6.45) is 0. The molecule has 1 atom stereocenters. The van der Waals surface area contributed by atoms with Crippen LogP contribution in [0, 0.1) is 20.8 Å². The zero-order chi connectivity index (χ0) is 22.8. The van der Waals surface area contributed by atoms with Gasteiger partial charge in [0.15, 0.2) is 11.5 Å². The molecule has 2 N–H and O–H groups in total. The predicted molar refractivity (Wildman–Crippen MR) is 111 cm³/mol. The van der Waals surface area contributed by atoms with Gasteiger partial charge in [0.05, 0.1) is 18.6 Å². The van der Waals surface area contributed by atoms with E-state index in [1.165, 1.54) is 7.11 Å². The van der Waals surface area contributed by atoms with Crippen LogP contribution in [0.15, 0.2) is 29.2 Å². The molecule has 31 heavy (non-hydrogen) atoms. The average Bonchev–Trinajstić information content (AvgIpc) is 3.20. The van der Waals surface area contributed by atoms with Crippen molar-refractivity contribution >= 4 is 16.0 Å². The number of rotatable bonds is 8. The van der Waals surface area contributed by atoms with Gasteiger partial charge < -0.3 is 24.1 Å². The van der Waals surface area contributed by atoms with Crippen molar-refractivity contribution in [2.45, 2.75) is 38.3 Å². The average molecular weight is 451 g/mol. The minimum absolute atomic E-state index is 0.0350. The summed E-state index contributed by atoms with van der Waals surface area (Å²) < 4.78 is 49.2. The van der Waals surface area contributed by atoms with E-state index in [9.17, 15) is 18.3 Å². The van der Waals surface area contributed by atoms with Gasteiger partial charge >= 0.3 is 5.97 Å². The number of aryl methyl sites for hydroxylation is 1. The lowest BCUT2D eigenvalue weighted by atomic mass is 10.1. The highest BCUT2D eigenvalue weighted by molar-refractivity contribution is 7.89. The molecule has 0 spiro atoms. The molecular weight excluding hydrogens is 426 g/mol. The van der Waals surface area contributed by atoms with Crippen LogP contribution in [0.4, 0.5) is 0 Å². The molecule has 1 aliphatic heterocycles. The van der Waals surface area contributed by atoms with Crippen LogP contribution >= 0.6 is 0 Å². The smallest absolute Gasteiger partial charge is 0.326 e. The number of sulfonamides is 1. The molecule has 0 saturated heterocycles. The highest BCUT2D eigenvalue weighted by atomic mass is 32.2. The van der Waals surface area contributed by atoms with E-state index in [0.29, 0.717) is 39.5 Å². The lowest BCUT2D eigenvalue weighted by Gasteiger charge is -2.20. The minimum atomic E-state index is -4.12. The van der Waals surface area contributed by atoms with Gasteiger partial charge in [0.1, 0.15) is 18.4 Å². The van der Waals surface area contributed by atoms with Gasteiger partial charge in [0.2, 0.25) is 16.8 Å². The molecule has 0 aliphatic carbocycles. The van der Waals surface area contributed by atoms with Crippen LogP contribution < -0.4 is 18.9 Å². The Hall–Kier alpha value is -2.82. The standard InChI is InChI=1S/C21H25NO8S/c1-12-7-18(27-4)13(2)14(3)20(12)31(25,26)22-16(9-23)21(24)28-10-15-5-6-17-19(8-15)30-11-29-17/h5-8,16,22-23H,9-11H2,1-4H3. The van der Waals surface area contributed by atoms with Gasteiger partial charge in [-0.05, 0) is 61.2 Å². The van der Waals surface area contributed by atoms with Crippen LogP contribution in [0.2, 0.25) is 0 Å². The van der Waals surface area contributed by atoms with E-state index >= 15 is 0 Å². The maximum absolute atomic E-state index is 13.0. The Morgan fingerprint density at radius 2 is 1.87 bits per heavy atom. The Labute approximate surface area is 180 Å². The number of esters is 1. The van der Waals surface area contributed by atoms with Gasteiger partial charge in [0, 0.05) is 0 Å². The van der Waals surface area contributed by atoms with Crippen molar-refractivity contribution in [2.24, 2.45) is 0 Å².